The lowest BCUT2D eigenvalue weighted by molar-refractivity contribution is -0.149. The molecule has 5 heteroatoms. The molecular formula is C14H16N2O3. The van der Waals surface area contributed by atoms with E-state index in [2.05, 4.69) is 5.32 Å². The van der Waals surface area contributed by atoms with E-state index < -0.39 is 11.5 Å². The van der Waals surface area contributed by atoms with E-state index in [0.29, 0.717) is 12.1 Å². The molecule has 1 amide bonds. The average molecular weight is 260 g/mol. The van der Waals surface area contributed by atoms with Crippen molar-refractivity contribution in [2.24, 2.45) is 5.73 Å². The molecule has 0 bridgehead atoms. The van der Waals surface area contributed by atoms with Crippen LogP contribution in [0.3, 0.4) is 0 Å². The highest BCUT2D eigenvalue weighted by atomic mass is 16.5. The van der Waals surface area contributed by atoms with Gasteiger partial charge in [-0.25, -0.2) is 4.79 Å². The van der Waals surface area contributed by atoms with Gasteiger partial charge >= 0.3 is 5.97 Å². The number of benzene rings is 1. The molecule has 100 valence electrons. The highest BCUT2D eigenvalue weighted by Crippen LogP contribution is 2.30. The molecule has 0 spiro atoms. The van der Waals surface area contributed by atoms with Crippen molar-refractivity contribution in [3.8, 4) is 0 Å². The second-order valence-electron chi connectivity index (χ2n) is 4.22. The molecule has 0 saturated carbocycles. The van der Waals surface area contributed by atoms with E-state index in [4.69, 9.17) is 10.5 Å². The van der Waals surface area contributed by atoms with Crippen LogP contribution in [-0.4, -0.2) is 25.0 Å². The van der Waals surface area contributed by atoms with Gasteiger partial charge in [-0.2, -0.15) is 0 Å². The average Bonchev–Trinajstić information content (AvgIpc) is 2.86. The van der Waals surface area contributed by atoms with E-state index in [1.165, 1.54) is 0 Å². The SMILES string of the molecule is CCOC(=O)[C@@](N)(C1=CCNC1=O)c1ccccc1. The second-order valence-corrected chi connectivity index (χ2v) is 4.22. The van der Waals surface area contributed by atoms with Crippen molar-refractivity contribution in [2.75, 3.05) is 13.2 Å². The molecule has 19 heavy (non-hydrogen) atoms. The zero-order valence-corrected chi connectivity index (χ0v) is 10.7. The lowest BCUT2D eigenvalue weighted by Crippen LogP contribution is -2.50. The topological polar surface area (TPSA) is 81.4 Å². The minimum absolute atomic E-state index is 0.208. The Morgan fingerprint density at radius 1 is 1.42 bits per heavy atom. The summed E-state index contributed by atoms with van der Waals surface area (Å²) >= 11 is 0. The third-order valence-electron chi connectivity index (χ3n) is 3.06. The first-order valence-electron chi connectivity index (χ1n) is 6.11. The number of carbonyl (C=O) groups excluding carboxylic acids is 2. The molecule has 3 N–H and O–H groups in total. The fraction of sp³-hybridized carbons (Fsp3) is 0.286. The van der Waals surface area contributed by atoms with Crippen LogP contribution in [0.25, 0.3) is 0 Å². The van der Waals surface area contributed by atoms with Gasteiger partial charge < -0.3 is 15.8 Å². The molecule has 1 aromatic rings. The molecule has 1 aliphatic heterocycles. The van der Waals surface area contributed by atoms with Crippen molar-refractivity contribution >= 4 is 11.9 Å². The van der Waals surface area contributed by atoms with Crippen molar-refractivity contribution < 1.29 is 14.3 Å². The molecule has 0 aliphatic carbocycles. The standard InChI is InChI=1S/C14H16N2O3/c1-2-19-13(18)14(15,10-6-4-3-5-7-10)11-8-9-16-12(11)17/h3-8H,2,9,15H2,1H3,(H,16,17)/t14-/m0/s1. The number of hydrogen-bond donors (Lipinski definition) is 2. The summed E-state index contributed by atoms with van der Waals surface area (Å²) < 4.78 is 5.04. The van der Waals surface area contributed by atoms with Crippen LogP contribution in [0.15, 0.2) is 42.0 Å². The summed E-state index contributed by atoms with van der Waals surface area (Å²) in [7, 11) is 0. The molecule has 5 nitrogen and oxygen atoms in total. The highest BCUT2D eigenvalue weighted by Gasteiger charge is 2.45. The lowest BCUT2D eigenvalue weighted by Gasteiger charge is -2.27. The van der Waals surface area contributed by atoms with Crippen LogP contribution in [0.1, 0.15) is 12.5 Å². The molecule has 0 aromatic heterocycles. The minimum Gasteiger partial charge on any atom is -0.464 e. The monoisotopic (exact) mass is 260 g/mol. The number of nitrogens with two attached hydrogens (primary N) is 1. The number of hydrogen-bond acceptors (Lipinski definition) is 4. The van der Waals surface area contributed by atoms with Crippen molar-refractivity contribution in [3.05, 3.63) is 47.5 Å². The van der Waals surface area contributed by atoms with Crippen LogP contribution in [0.4, 0.5) is 0 Å². The van der Waals surface area contributed by atoms with Crippen LogP contribution < -0.4 is 11.1 Å². The van der Waals surface area contributed by atoms with Crippen LogP contribution in [-0.2, 0) is 19.9 Å². The number of rotatable bonds is 4. The summed E-state index contributed by atoms with van der Waals surface area (Å²) in [6.07, 6.45) is 1.63. The minimum atomic E-state index is -1.56. The Bertz CT molecular complexity index is 525. The number of ether oxygens (including phenoxy) is 1. The van der Waals surface area contributed by atoms with Gasteiger partial charge in [-0.05, 0) is 12.5 Å². The lowest BCUT2D eigenvalue weighted by atomic mass is 9.83. The molecule has 1 aromatic carbocycles. The molecule has 1 heterocycles. The van der Waals surface area contributed by atoms with Crippen LogP contribution >= 0.6 is 0 Å². The van der Waals surface area contributed by atoms with Gasteiger partial charge in [0.2, 0.25) is 5.91 Å². The number of carbonyl (C=O) groups is 2. The molecule has 1 atom stereocenters. The largest absolute Gasteiger partial charge is 0.464 e. The van der Waals surface area contributed by atoms with E-state index in [1.54, 1.807) is 37.3 Å². The highest BCUT2D eigenvalue weighted by molar-refractivity contribution is 6.05. The summed E-state index contributed by atoms with van der Waals surface area (Å²) in [5.74, 6) is -0.955. The Morgan fingerprint density at radius 2 is 2.11 bits per heavy atom. The maximum Gasteiger partial charge on any atom is 0.335 e. The van der Waals surface area contributed by atoms with E-state index in [1.807, 2.05) is 6.07 Å². The van der Waals surface area contributed by atoms with Gasteiger partial charge in [-0.1, -0.05) is 36.4 Å². The summed E-state index contributed by atoms with van der Waals surface area (Å²) in [5, 5.41) is 2.62. The molecule has 1 aliphatic rings. The van der Waals surface area contributed by atoms with Crippen molar-refractivity contribution in [2.45, 2.75) is 12.5 Å². The van der Waals surface area contributed by atoms with E-state index in [9.17, 15) is 9.59 Å². The first kappa shape index (κ1) is 13.3. The number of esters is 1. The first-order valence-corrected chi connectivity index (χ1v) is 6.11. The Hall–Kier alpha value is -2.14. The Labute approximate surface area is 111 Å². The zero-order valence-electron chi connectivity index (χ0n) is 10.7. The van der Waals surface area contributed by atoms with Gasteiger partial charge in [-0.15, -0.1) is 0 Å². The van der Waals surface area contributed by atoms with Gasteiger partial charge in [0, 0.05) is 6.54 Å². The summed E-state index contributed by atoms with van der Waals surface area (Å²) in [6.45, 7) is 2.28. The van der Waals surface area contributed by atoms with Gasteiger partial charge in [0.1, 0.15) is 0 Å². The van der Waals surface area contributed by atoms with Gasteiger partial charge in [0.25, 0.3) is 0 Å². The Balaban J connectivity index is 2.50. The molecule has 0 radical (unpaired) electrons. The quantitative estimate of drug-likeness (QED) is 0.771. The third-order valence-corrected chi connectivity index (χ3v) is 3.06. The summed E-state index contributed by atoms with van der Waals surface area (Å²) in [6, 6.07) is 8.78. The number of amides is 1. The molecule has 0 unspecified atom stereocenters. The smallest absolute Gasteiger partial charge is 0.335 e. The predicted molar refractivity (Wildman–Crippen MR) is 70.0 cm³/mol. The van der Waals surface area contributed by atoms with Gasteiger partial charge in [-0.3, -0.25) is 4.79 Å². The molecule has 2 rings (SSSR count). The second kappa shape index (κ2) is 5.24. The Kier molecular flexibility index (Phi) is 3.66. The maximum absolute atomic E-state index is 12.2. The summed E-state index contributed by atoms with van der Waals surface area (Å²) in [5.41, 5.74) is 5.46. The normalized spacial score (nSPS) is 17.4. The number of nitrogens with one attached hydrogen (secondary N) is 1. The van der Waals surface area contributed by atoms with Crippen molar-refractivity contribution in [3.63, 3.8) is 0 Å². The summed E-state index contributed by atoms with van der Waals surface area (Å²) in [4.78, 5) is 24.1. The van der Waals surface area contributed by atoms with Crippen LogP contribution in [0.5, 0.6) is 0 Å². The van der Waals surface area contributed by atoms with Crippen LogP contribution in [0, 0.1) is 0 Å². The molecular weight excluding hydrogens is 244 g/mol. The Morgan fingerprint density at radius 3 is 2.63 bits per heavy atom. The zero-order chi connectivity index (χ0) is 13.9. The van der Waals surface area contributed by atoms with Crippen molar-refractivity contribution in [1.29, 1.82) is 0 Å². The van der Waals surface area contributed by atoms with Crippen molar-refractivity contribution in [1.82, 2.24) is 5.32 Å². The van der Waals surface area contributed by atoms with Gasteiger partial charge in [0.05, 0.1) is 12.2 Å². The maximum atomic E-state index is 12.2. The fourth-order valence-corrected chi connectivity index (χ4v) is 2.10. The first-order chi connectivity index (χ1) is 9.10. The van der Waals surface area contributed by atoms with Gasteiger partial charge in [0.15, 0.2) is 5.54 Å². The molecule has 0 fully saturated rings. The van der Waals surface area contributed by atoms with Crippen LogP contribution in [0.2, 0.25) is 0 Å². The van der Waals surface area contributed by atoms with E-state index in [-0.39, 0.29) is 18.1 Å². The third kappa shape index (κ3) is 2.24. The van der Waals surface area contributed by atoms with E-state index >= 15 is 0 Å². The fourth-order valence-electron chi connectivity index (χ4n) is 2.10. The molecule has 0 saturated heterocycles. The van der Waals surface area contributed by atoms with E-state index in [0.717, 1.165) is 0 Å². The predicted octanol–water partition coefficient (Wildman–Crippen LogP) is 0.460.